The molecule has 0 unspecified atom stereocenters. The second kappa shape index (κ2) is 4.76. The second-order valence-corrected chi connectivity index (χ2v) is 6.53. The summed E-state index contributed by atoms with van der Waals surface area (Å²) >= 11 is 1.52. The van der Waals surface area contributed by atoms with Crippen LogP contribution in [0.2, 0.25) is 0 Å². The van der Waals surface area contributed by atoms with E-state index in [9.17, 15) is 4.79 Å². The first-order chi connectivity index (χ1) is 8.00. The molecule has 0 bridgehead atoms. The molecule has 3 N–H and O–H groups in total. The molecular weight excluding hydrogens is 234 g/mol. The Labute approximate surface area is 106 Å². The van der Waals surface area contributed by atoms with E-state index in [1.807, 2.05) is 12.1 Å². The van der Waals surface area contributed by atoms with Crippen molar-refractivity contribution in [3.8, 4) is 0 Å². The molecule has 2 heterocycles. The van der Waals surface area contributed by atoms with Crippen LogP contribution in [0, 0.1) is 5.41 Å². The smallest absolute Gasteiger partial charge is 0.275 e. The number of hydrogen-bond donors (Lipinski definition) is 2. The molecule has 1 aliphatic heterocycles. The molecule has 4 nitrogen and oxygen atoms in total. The molecular formula is C12H19N3OS. The van der Waals surface area contributed by atoms with Gasteiger partial charge in [-0.1, -0.05) is 13.8 Å². The standard InChI is InChI=1S/C12H19N3OS/c1-12(2)5-6-15(8-12)7-9-3-4-10(17-9)11(16)14-13/h3-4H,5-8,13H2,1-2H3,(H,14,16). The van der Waals surface area contributed by atoms with Gasteiger partial charge >= 0.3 is 0 Å². The van der Waals surface area contributed by atoms with Gasteiger partial charge in [-0.05, 0) is 30.5 Å². The molecule has 5 heteroatoms. The highest BCUT2D eigenvalue weighted by atomic mass is 32.1. The van der Waals surface area contributed by atoms with Crippen molar-refractivity contribution in [1.82, 2.24) is 10.3 Å². The van der Waals surface area contributed by atoms with Crippen LogP contribution in [0.15, 0.2) is 12.1 Å². The fourth-order valence-electron chi connectivity index (χ4n) is 2.24. The Balaban J connectivity index is 1.96. The Kier molecular flexibility index (Phi) is 3.51. The predicted molar refractivity (Wildman–Crippen MR) is 69.6 cm³/mol. The number of nitrogens with two attached hydrogens (primary N) is 1. The average Bonchev–Trinajstić information content (AvgIpc) is 2.85. The van der Waals surface area contributed by atoms with E-state index in [2.05, 4.69) is 24.2 Å². The van der Waals surface area contributed by atoms with Gasteiger partial charge in [-0.3, -0.25) is 15.1 Å². The molecule has 0 spiro atoms. The van der Waals surface area contributed by atoms with E-state index >= 15 is 0 Å². The van der Waals surface area contributed by atoms with Crippen molar-refractivity contribution in [3.63, 3.8) is 0 Å². The molecule has 17 heavy (non-hydrogen) atoms. The summed E-state index contributed by atoms with van der Waals surface area (Å²) in [4.78, 5) is 15.7. The van der Waals surface area contributed by atoms with Gasteiger partial charge in [0.15, 0.2) is 0 Å². The van der Waals surface area contributed by atoms with Crippen molar-refractivity contribution < 1.29 is 4.79 Å². The molecule has 0 aliphatic carbocycles. The van der Waals surface area contributed by atoms with Gasteiger partial charge in [-0.15, -0.1) is 11.3 Å². The Morgan fingerprint density at radius 3 is 2.94 bits per heavy atom. The number of thiophene rings is 1. The van der Waals surface area contributed by atoms with Crippen molar-refractivity contribution in [2.24, 2.45) is 11.3 Å². The second-order valence-electron chi connectivity index (χ2n) is 5.36. The van der Waals surface area contributed by atoms with Gasteiger partial charge in [0.25, 0.3) is 5.91 Å². The lowest BCUT2D eigenvalue weighted by molar-refractivity contribution is 0.0957. The normalized spacial score (nSPS) is 19.5. The third-order valence-electron chi connectivity index (χ3n) is 3.15. The topological polar surface area (TPSA) is 58.4 Å². The van der Waals surface area contributed by atoms with Crippen LogP contribution in [0.1, 0.15) is 34.8 Å². The lowest BCUT2D eigenvalue weighted by Crippen LogP contribution is -2.29. The maximum atomic E-state index is 11.3. The molecule has 1 aromatic rings. The van der Waals surface area contributed by atoms with Crippen LogP contribution < -0.4 is 11.3 Å². The summed E-state index contributed by atoms with van der Waals surface area (Å²) in [6.45, 7) is 7.81. The van der Waals surface area contributed by atoms with Crippen LogP contribution in [0.3, 0.4) is 0 Å². The number of hydrogen-bond acceptors (Lipinski definition) is 4. The third-order valence-corrected chi connectivity index (χ3v) is 4.22. The van der Waals surface area contributed by atoms with E-state index in [-0.39, 0.29) is 5.91 Å². The third kappa shape index (κ3) is 3.06. The highest BCUT2D eigenvalue weighted by Gasteiger charge is 2.29. The van der Waals surface area contributed by atoms with Crippen molar-refractivity contribution in [3.05, 3.63) is 21.9 Å². The first kappa shape index (κ1) is 12.5. The number of nitrogen functional groups attached to an aromatic ring is 1. The first-order valence-electron chi connectivity index (χ1n) is 5.82. The van der Waals surface area contributed by atoms with Crippen molar-refractivity contribution in [1.29, 1.82) is 0 Å². The Morgan fingerprint density at radius 1 is 1.59 bits per heavy atom. The summed E-state index contributed by atoms with van der Waals surface area (Å²) in [6.07, 6.45) is 1.24. The molecule has 1 amide bonds. The summed E-state index contributed by atoms with van der Waals surface area (Å²) in [5, 5.41) is 0. The number of amides is 1. The average molecular weight is 253 g/mol. The Morgan fingerprint density at radius 2 is 2.35 bits per heavy atom. The molecule has 0 atom stereocenters. The molecule has 1 saturated heterocycles. The van der Waals surface area contributed by atoms with Crippen LogP contribution in [0.25, 0.3) is 0 Å². The van der Waals surface area contributed by atoms with E-state index < -0.39 is 0 Å². The van der Waals surface area contributed by atoms with Crippen molar-refractivity contribution in [2.75, 3.05) is 13.1 Å². The molecule has 0 aromatic carbocycles. The Bertz CT molecular complexity index is 414. The minimum absolute atomic E-state index is 0.206. The van der Waals surface area contributed by atoms with Crippen LogP contribution in [-0.2, 0) is 6.54 Å². The first-order valence-corrected chi connectivity index (χ1v) is 6.64. The van der Waals surface area contributed by atoms with E-state index in [4.69, 9.17) is 5.84 Å². The fraction of sp³-hybridized carbons (Fsp3) is 0.583. The van der Waals surface area contributed by atoms with E-state index in [0.29, 0.717) is 10.3 Å². The van der Waals surface area contributed by atoms with Crippen LogP contribution in [0.4, 0.5) is 0 Å². The van der Waals surface area contributed by atoms with Crippen LogP contribution in [-0.4, -0.2) is 23.9 Å². The lowest BCUT2D eigenvalue weighted by Gasteiger charge is -2.18. The maximum absolute atomic E-state index is 11.3. The zero-order valence-corrected chi connectivity index (χ0v) is 11.1. The van der Waals surface area contributed by atoms with Gasteiger partial charge in [0.2, 0.25) is 0 Å². The number of rotatable bonds is 3. The number of hydrazine groups is 1. The number of nitrogens with one attached hydrogen (secondary N) is 1. The number of likely N-dealkylation sites (tertiary alicyclic amines) is 1. The molecule has 0 radical (unpaired) electrons. The minimum Gasteiger partial charge on any atom is -0.298 e. The van der Waals surface area contributed by atoms with Gasteiger partial charge in [-0.2, -0.15) is 0 Å². The zero-order chi connectivity index (χ0) is 12.5. The summed E-state index contributed by atoms with van der Waals surface area (Å²) < 4.78 is 0. The van der Waals surface area contributed by atoms with Gasteiger partial charge in [0.05, 0.1) is 4.88 Å². The molecule has 1 aromatic heterocycles. The molecule has 0 saturated carbocycles. The number of carbonyl (C=O) groups is 1. The van der Waals surface area contributed by atoms with Crippen LogP contribution >= 0.6 is 11.3 Å². The highest BCUT2D eigenvalue weighted by molar-refractivity contribution is 7.14. The molecule has 1 fully saturated rings. The van der Waals surface area contributed by atoms with E-state index in [0.717, 1.165) is 19.6 Å². The maximum Gasteiger partial charge on any atom is 0.275 e. The molecule has 94 valence electrons. The minimum atomic E-state index is -0.206. The lowest BCUT2D eigenvalue weighted by atomic mass is 9.93. The quantitative estimate of drug-likeness (QED) is 0.488. The van der Waals surface area contributed by atoms with Crippen LogP contribution in [0.5, 0.6) is 0 Å². The van der Waals surface area contributed by atoms with Crippen molar-refractivity contribution >= 4 is 17.2 Å². The van der Waals surface area contributed by atoms with Gasteiger partial charge in [0.1, 0.15) is 0 Å². The summed E-state index contributed by atoms with van der Waals surface area (Å²) in [5.41, 5.74) is 2.58. The predicted octanol–water partition coefficient (Wildman–Crippen LogP) is 1.58. The van der Waals surface area contributed by atoms with E-state index in [1.54, 1.807) is 0 Å². The highest BCUT2D eigenvalue weighted by Crippen LogP contribution is 2.30. The van der Waals surface area contributed by atoms with E-state index in [1.165, 1.54) is 22.6 Å². The number of nitrogens with zero attached hydrogens (tertiary/aromatic N) is 1. The zero-order valence-electron chi connectivity index (χ0n) is 10.3. The number of carbonyl (C=O) groups excluding carboxylic acids is 1. The van der Waals surface area contributed by atoms with Crippen molar-refractivity contribution in [2.45, 2.75) is 26.8 Å². The monoisotopic (exact) mass is 253 g/mol. The van der Waals surface area contributed by atoms with Gasteiger partial charge in [0, 0.05) is 18.0 Å². The molecule has 1 aliphatic rings. The fourth-order valence-corrected chi connectivity index (χ4v) is 3.19. The van der Waals surface area contributed by atoms with Gasteiger partial charge in [-0.25, -0.2) is 5.84 Å². The SMILES string of the molecule is CC1(C)CCN(Cc2ccc(C(=O)NN)s2)C1. The summed E-state index contributed by atoms with van der Waals surface area (Å²) in [6, 6.07) is 3.85. The summed E-state index contributed by atoms with van der Waals surface area (Å²) in [7, 11) is 0. The summed E-state index contributed by atoms with van der Waals surface area (Å²) in [5.74, 6) is 4.90. The molecule has 2 rings (SSSR count). The Hall–Kier alpha value is -0.910. The van der Waals surface area contributed by atoms with Gasteiger partial charge < -0.3 is 0 Å². The largest absolute Gasteiger partial charge is 0.298 e.